The van der Waals surface area contributed by atoms with Gasteiger partial charge < -0.3 is 14.3 Å². The molecule has 0 saturated carbocycles. The molecule has 0 heterocycles. The first-order valence-corrected chi connectivity index (χ1v) is 11.2. The second-order valence-electron chi connectivity index (χ2n) is 6.84. The molecule has 1 N–H and O–H groups in total. The van der Waals surface area contributed by atoms with Crippen LogP contribution in [0.5, 0.6) is 0 Å². The van der Waals surface area contributed by atoms with Gasteiger partial charge in [0.2, 0.25) is 0 Å². The third-order valence-corrected chi connectivity index (χ3v) is 9.26. The molecule has 6 heteroatoms. The molecule has 1 rings (SSSR count). The summed E-state index contributed by atoms with van der Waals surface area (Å²) in [7, 11) is -1.97. The summed E-state index contributed by atoms with van der Waals surface area (Å²) in [6.07, 6.45) is -0.937. The molecular weight excluding hydrogens is 411 g/mol. The predicted molar refractivity (Wildman–Crippen MR) is 98.5 cm³/mol. The molecule has 0 aliphatic heterocycles. The number of aliphatic carboxylic acids is 1. The molecule has 0 bridgehead atoms. The second kappa shape index (κ2) is 7.90. The van der Waals surface area contributed by atoms with Gasteiger partial charge in [-0.3, -0.25) is 0 Å². The molecule has 4 nitrogen and oxygen atoms in total. The summed E-state index contributed by atoms with van der Waals surface area (Å²) in [5.41, 5.74) is 0.957. The normalized spacial score (nSPS) is 13.9. The summed E-state index contributed by atoms with van der Waals surface area (Å²) in [6.45, 7) is 10.9. The van der Waals surface area contributed by atoms with Crippen LogP contribution in [0, 0.1) is 3.57 Å². The Bertz CT molecular complexity index is 494. The van der Waals surface area contributed by atoms with E-state index in [1.165, 1.54) is 0 Å². The lowest BCUT2D eigenvalue weighted by molar-refractivity contribution is -0.153. The van der Waals surface area contributed by atoms with Crippen molar-refractivity contribution >= 4 is 36.9 Å². The van der Waals surface area contributed by atoms with Crippen molar-refractivity contribution in [2.45, 2.75) is 51.6 Å². The monoisotopic (exact) mass is 436 g/mol. The fraction of sp³-hybridized carbons (Fsp3) is 0.562. The lowest BCUT2D eigenvalue weighted by Gasteiger charge is -2.36. The molecule has 0 aromatic heterocycles. The summed E-state index contributed by atoms with van der Waals surface area (Å²) in [4.78, 5) is 11.4. The highest BCUT2D eigenvalue weighted by molar-refractivity contribution is 14.1. The maximum Gasteiger partial charge on any atom is 0.335 e. The van der Waals surface area contributed by atoms with E-state index in [0.29, 0.717) is 0 Å². The number of rotatable bonds is 7. The Morgan fingerprint density at radius 2 is 1.82 bits per heavy atom. The van der Waals surface area contributed by atoms with Gasteiger partial charge in [0.1, 0.15) is 0 Å². The zero-order valence-electron chi connectivity index (χ0n) is 13.9. The quantitative estimate of drug-likeness (QED) is 0.512. The first-order valence-electron chi connectivity index (χ1n) is 7.26. The average molecular weight is 436 g/mol. The summed E-state index contributed by atoms with van der Waals surface area (Å²) >= 11 is 2.23. The van der Waals surface area contributed by atoms with E-state index in [2.05, 4.69) is 56.5 Å². The van der Waals surface area contributed by atoms with E-state index in [4.69, 9.17) is 9.16 Å². The van der Waals surface area contributed by atoms with Crippen LogP contribution in [0.1, 0.15) is 26.3 Å². The number of benzene rings is 1. The molecule has 1 aromatic carbocycles. The molecule has 1 atom stereocenters. The highest BCUT2D eigenvalue weighted by Crippen LogP contribution is 2.36. The minimum absolute atomic E-state index is 0.0478. The highest BCUT2D eigenvalue weighted by Gasteiger charge is 2.38. The summed E-state index contributed by atoms with van der Waals surface area (Å²) in [5, 5.41) is 9.35. The third kappa shape index (κ3) is 5.98. The molecule has 0 saturated heterocycles. The largest absolute Gasteiger partial charge is 0.479 e. The van der Waals surface area contributed by atoms with Crippen LogP contribution >= 0.6 is 22.6 Å². The Labute approximate surface area is 147 Å². The van der Waals surface area contributed by atoms with E-state index < -0.39 is 20.4 Å². The lowest BCUT2D eigenvalue weighted by Crippen LogP contribution is -2.44. The number of ether oxygens (including phenoxy) is 1. The zero-order chi connectivity index (χ0) is 17.0. The topological polar surface area (TPSA) is 55.8 Å². The molecule has 0 fully saturated rings. The van der Waals surface area contributed by atoms with Gasteiger partial charge >= 0.3 is 5.97 Å². The van der Waals surface area contributed by atoms with Crippen molar-refractivity contribution in [1.82, 2.24) is 0 Å². The Hall–Kier alpha value is -0.443. The van der Waals surface area contributed by atoms with Crippen LogP contribution < -0.4 is 0 Å². The van der Waals surface area contributed by atoms with E-state index in [0.717, 1.165) is 9.13 Å². The molecule has 0 unspecified atom stereocenters. The Kier molecular flexibility index (Phi) is 7.04. The van der Waals surface area contributed by atoms with E-state index >= 15 is 0 Å². The van der Waals surface area contributed by atoms with Gasteiger partial charge in [-0.2, -0.15) is 0 Å². The SMILES string of the molecule is CC(C)(C)[Si](C)(C)OC[C@@H](OCc1ccc(I)cc1)C(=O)O. The maximum atomic E-state index is 11.4. The number of carboxylic acid groups (broad SMARTS) is 1. The van der Waals surface area contributed by atoms with Crippen molar-refractivity contribution in [2.75, 3.05) is 6.61 Å². The first-order chi connectivity index (χ1) is 10.0. The fourth-order valence-electron chi connectivity index (χ4n) is 1.47. The van der Waals surface area contributed by atoms with Crippen LogP contribution in [-0.2, 0) is 20.6 Å². The Balaban J connectivity index is 2.59. The standard InChI is InChI=1S/C16H25IO4Si/c1-16(2,3)22(4,5)21-11-14(15(18)19)20-10-12-6-8-13(17)9-7-12/h6-9,14H,10-11H2,1-5H3,(H,18,19)/t14-/m1/s1. The van der Waals surface area contributed by atoms with Crippen molar-refractivity contribution in [3.63, 3.8) is 0 Å². The van der Waals surface area contributed by atoms with Crippen LogP contribution in [0.3, 0.4) is 0 Å². The van der Waals surface area contributed by atoms with Crippen LogP contribution in [0.4, 0.5) is 0 Å². The Morgan fingerprint density at radius 1 is 1.27 bits per heavy atom. The van der Waals surface area contributed by atoms with Gasteiger partial charge in [0.05, 0.1) is 13.2 Å². The number of hydrogen-bond acceptors (Lipinski definition) is 3. The van der Waals surface area contributed by atoms with E-state index in [9.17, 15) is 9.90 Å². The average Bonchev–Trinajstić information content (AvgIpc) is 2.39. The van der Waals surface area contributed by atoms with Gasteiger partial charge in [-0.05, 0) is 58.4 Å². The molecule has 0 aliphatic carbocycles. The van der Waals surface area contributed by atoms with Gasteiger partial charge in [-0.1, -0.05) is 32.9 Å². The lowest BCUT2D eigenvalue weighted by atomic mass is 10.2. The molecular formula is C16H25IO4Si. The van der Waals surface area contributed by atoms with E-state index in [-0.39, 0.29) is 18.3 Å². The third-order valence-electron chi connectivity index (χ3n) is 4.04. The fourth-order valence-corrected chi connectivity index (χ4v) is 2.83. The molecule has 124 valence electrons. The second-order valence-corrected chi connectivity index (χ2v) is 12.9. The van der Waals surface area contributed by atoms with Crippen LogP contribution in [0.25, 0.3) is 0 Å². The number of halogens is 1. The maximum absolute atomic E-state index is 11.4. The first kappa shape index (κ1) is 19.6. The van der Waals surface area contributed by atoms with Gasteiger partial charge in [-0.25, -0.2) is 4.79 Å². The number of hydrogen-bond donors (Lipinski definition) is 1. The molecule has 0 aliphatic rings. The molecule has 0 spiro atoms. The van der Waals surface area contributed by atoms with E-state index in [1.807, 2.05) is 24.3 Å². The van der Waals surface area contributed by atoms with Crippen molar-refractivity contribution < 1.29 is 19.1 Å². The molecule has 22 heavy (non-hydrogen) atoms. The molecule has 0 radical (unpaired) electrons. The van der Waals surface area contributed by atoms with Crippen molar-refractivity contribution in [3.05, 3.63) is 33.4 Å². The van der Waals surface area contributed by atoms with Crippen LogP contribution in [0.2, 0.25) is 18.1 Å². The molecule has 0 amide bonds. The minimum Gasteiger partial charge on any atom is -0.479 e. The summed E-state index contributed by atoms with van der Waals surface area (Å²) in [5.74, 6) is -0.982. The molecule has 1 aromatic rings. The van der Waals surface area contributed by atoms with E-state index in [1.54, 1.807) is 0 Å². The highest BCUT2D eigenvalue weighted by atomic mass is 127. The minimum atomic E-state index is -1.97. The summed E-state index contributed by atoms with van der Waals surface area (Å²) < 4.78 is 12.6. The van der Waals surface area contributed by atoms with Crippen LogP contribution in [0.15, 0.2) is 24.3 Å². The zero-order valence-corrected chi connectivity index (χ0v) is 17.0. The van der Waals surface area contributed by atoms with Gasteiger partial charge in [-0.15, -0.1) is 0 Å². The number of carbonyl (C=O) groups is 1. The van der Waals surface area contributed by atoms with Gasteiger partial charge in [0, 0.05) is 3.57 Å². The van der Waals surface area contributed by atoms with Crippen molar-refractivity contribution in [1.29, 1.82) is 0 Å². The smallest absolute Gasteiger partial charge is 0.335 e. The predicted octanol–water partition coefficient (Wildman–Crippen LogP) is 4.28. The van der Waals surface area contributed by atoms with Gasteiger partial charge in [0.15, 0.2) is 14.4 Å². The van der Waals surface area contributed by atoms with Gasteiger partial charge in [0.25, 0.3) is 0 Å². The number of carboxylic acids is 1. The van der Waals surface area contributed by atoms with Crippen LogP contribution in [-0.4, -0.2) is 32.1 Å². The summed E-state index contributed by atoms with van der Waals surface area (Å²) in [6, 6.07) is 7.83. The Morgan fingerprint density at radius 3 is 2.27 bits per heavy atom. The van der Waals surface area contributed by atoms with Crippen molar-refractivity contribution in [3.8, 4) is 0 Å². The van der Waals surface area contributed by atoms with Crippen molar-refractivity contribution in [2.24, 2.45) is 0 Å².